The molecule has 0 aliphatic carbocycles. The number of carboxylic acid groups (broad SMARTS) is 1. The number of anilines is 4. The van der Waals surface area contributed by atoms with Crippen LogP contribution < -0.4 is 115 Å². The van der Waals surface area contributed by atoms with Gasteiger partial charge in [-0.1, -0.05) is 0 Å². The Balaban J connectivity index is 0.00000441. The van der Waals surface area contributed by atoms with Crippen LogP contribution in [-0.2, 0) is 44.7 Å². The van der Waals surface area contributed by atoms with Gasteiger partial charge in [-0.05, 0) is 82.2 Å². The zero-order chi connectivity index (χ0) is 43.5. The third kappa shape index (κ3) is 14.7. The number of nitrogen functional groups attached to an aromatic ring is 2. The van der Waals surface area contributed by atoms with Crippen molar-refractivity contribution in [2.45, 2.75) is 14.7 Å². The van der Waals surface area contributed by atoms with Gasteiger partial charge in [0, 0.05) is 11.3 Å². The van der Waals surface area contributed by atoms with Crippen molar-refractivity contribution in [2.75, 3.05) is 29.1 Å². The van der Waals surface area contributed by atoms with Gasteiger partial charge in [0.05, 0.1) is 62.5 Å². The number of pyridine rings is 1. The molecule has 2 aromatic heterocycles. The van der Waals surface area contributed by atoms with E-state index < -0.39 is 97.0 Å². The number of nitrogens with two attached hydrogens (primary N) is 2. The minimum Gasteiger partial charge on any atom is -0.744 e. The maximum Gasteiger partial charge on any atom is 1.00 e. The van der Waals surface area contributed by atoms with Gasteiger partial charge in [0.25, 0.3) is 0 Å². The summed E-state index contributed by atoms with van der Waals surface area (Å²) in [5.41, 5.74) is 8.34. The van der Waals surface area contributed by atoms with Crippen molar-refractivity contribution in [3.63, 3.8) is 0 Å². The SMILES string of the molecule is Nc1c(N=Nc2cc(Nc3nc(Cl)nc(-[n+]4cccc(C(=O)[O-])c4)n3)ccc2S(=O)(=O)[O-])cc(S(=O)(=O)[O-])c(N)c1N=Nc1ccc(S(=O)(=O)CCOS(=O)(=O)[O-])cc1.[Na+].[Na+].[Na+]. The number of carboxylic acids is 1. The summed E-state index contributed by atoms with van der Waals surface area (Å²) in [6.07, 6.45) is 2.51. The van der Waals surface area contributed by atoms with Crippen LogP contribution in [0.5, 0.6) is 0 Å². The van der Waals surface area contributed by atoms with Gasteiger partial charge in [-0.3, -0.25) is 4.18 Å². The van der Waals surface area contributed by atoms with Crippen LogP contribution in [0.1, 0.15) is 10.4 Å². The van der Waals surface area contributed by atoms with Crippen LogP contribution in [-0.4, -0.2) is 80.6 Å². The average Bonchev–Trinajstić information content (AvgIpc) is 3.13. The van der Waals surface area contributed by atoms with Crippen molar-refractivity contribution in [3.05, 3.63) is 83.9 Å². The minimum atomic E-state index is -5.39. The quantitative estimate of drug-likeness (QED) is 0.0219. The van der Waals surface area contributed by atoms with E-state index in [1.54, 1.807) is 0 Å². The molecular weight excluding hydrogens is 959 g/mol. The van der Waals surface area contributed by atoms with Gasteiger partial charge in [0.15, 0.2) is 9.84 Å². The van der Waals surface area contributed by atoms with Gasteiger partial charge in [0.1, 0.15) is 37.3 Å². The molecule has 0 atom stereocenters. The van der Waals surface area contributed by atoms with E-state index in [1.165, 1.54) is 22.9 Å². The first-order valence-electron chi connectivity index (χ1n) is 15.4. The van der Waals surface area contributed by atoms with Gasteiger partial charge in [0.2, 0.25) is 10.4 Å². The Labute approximate surface area is 422 Å². The first kappa shape index (κ1) is 55.0. The third-order valence-electron chi connectivity index (χ3n) is 7.24. The molecule has 0 fully saturated rings. The summed E-state index contributed by atoms with van der Waals surface area (Å²) in [5.74, 6) is -2.81. The summed E-state index contributed by atoms with van der Waals surface area (Å²) < 4.78 is 135. The zero-order valence-electron chi connectivity index (χ0n) is 31.8. The summed E-state index contributed by atoms with van der Waals surface area (Å²) in [6.45, 7) is -0.952. The monoisotopic (exact) mass is 979 g/mol. The number of nitrogens with one attached hydrogen (secondary N) is 1. The minimum absolute atomic E-state index is 0. The van der Waals surface area contributed by atoms with Gasteiger partial charge in [-0.2, -0.15) is 10.1 Å². The fraction of sp³-hybridized carbons (Fsp3) is 0.0690. The van der Waals surface area contributed by atoms with Crippen LogP contribution in [0.3, 0.4) is 0 Å². The molecular formula is C29H21ClN11Na3O14S4. The van der Waals surface area contributed by atoms with Crippen LogP contribution in [0.25, 0.3) is 5.95 Å². The Morgan fingerprint density at radius 3 is 2.00 bits per heavy atom. The van der Waals surface area contributed by atoms with Crippen molar-refractivity contribution in [1.82, 2.24) is 15.0 Å². The molecule has 0 spiro atoms. The molecule has 25 nitrogen and oxygen atoms in total. The van der Waals surface area contributed by atoms with Crippen LogP contribution in [0, 0.1) is 0 Å². The summed E-state index contributed by atoms with van der Waals surface area (Å²) >= 11 is 6.04. The Hall–Kier alpha value is -3.18. The van der Waals surface area contributed by atoms with Gasteiger partial charge < -0.3 is 40.3 Å². The maximum absolute atomic E-state index is 12.5. The number of hydrogen-bond acceptors (Lipinski definition) is 24. The van der Waals surface area contributed by atoms with Crippen molar-refractivity contribution in [1.29, 1.82) is 0 Å². The number of sulfone groups is 1. The number of hydrogen-bond donors (Lipinski definition) is 3. The van der Waals surface area contributed by atoms with Crippen molar-refractivity contribution in [2.24, 2.45) is 20.5 Å². The van der Waals surface area contributed by atoms with Gasteiger partial charge in [-0.15, -0.1) is 15.3 Å². The molecule has 0 saturated carbocycles. The number of benzene rings is 3. The molecule has 0 bridgehead atoms. The zero-order valence-corrected chi connectivity index (χ0v) is 41.8. The van der Waals surface area contributed by atoms with E-state index in [9.17, 15) is 57.2 Å². The topological polar surface area (TPSA) is 411 Å². The van der Waals surface area contributed by atoms with E-state index >= 15 is 0 Å². The molecule has 0 aliphatic heterocycles. The molecule has 3 aromatic carbocycles. The number of carbonyl (C=O) groups excluding carboxylic acids is 1. The molecule has 33 heteroatoms. The van der Waals surface area contributed by atoms with Crippen LogP contribution in [0.2, 0.25) is 5.28 Å². The second-order valence-electron chi connectivity index (χ2n) is 11.2. The number of aromatic nitrogens is 4. The predicted molar refractivity (Wildman–Crippen MR) is 194 cm³/mol. The summed E-state index contributed by atoms with van der Waals surface area (Å²) in [4.78, 5) is 20.9. The van der Waals surface area contributed by atoms with Crippen molar-refractivity contribution < 1.29 is 155 Å². The maximum atomic E-state index is 12.5. The fourth-order valence-electron chi connectivity index (χ4n) is 4.60. The average molecular weight is 980 g/mol. The van der Waals surface area contributed by atoms with E-state index in [0.29, 0.717) is 6.07 Å². The van der Waals surface area contributed by atoms with Crippen molar-refractivity contribution >= 4 is 104 Å². The van der Waals surface area contributed by atoms with Crippen LogP contribution in [0.4, 0.5) is 45.8 Å². The van der Waals surface area contributed by atoms with E-state index in [0.717, 1.165) is 48.7 Å². The molecule has 0 amide bonds. The molecule has 0 radical (unpaired) electrons. The van der Waals surface area contributed by atoms with Gasteiger partial charge in [-0.25, -0.2) is 38.2 Å². The van der Waals surface area contributed by atoms with Crippen molar-refractivity contribution in [3.8, 4) is 5.95 Å². The Bertz CT molecular complexity index is 3030. The summed E-state index contributed by atoms with van der Waals surface area (Å²) in [5, 5.41) is 28.7. The number of rotatable bonds is 15. The fourth-order valence-corrected chi connectivity index (χ4v) is 7.45. The first-order valence-corrected chi connectivity index (χ1v) is 21.6. The Morgan fingerprint density at radius 2 is 1.40 bits per heavy atom. The van der Waals surface area contributed by atoms with Gasteiger partial charge >= 0.3 is 106 Å². The second kappa shape index (κ2) is 22.1. The predicted octanol–water partition coefficient (Wildman–Crippen LogP) is -8.03. The molecule has 5 N–H and O–H groups in total. The molecule has 2 heterocycles. The smallest absolute Gasteiger partial charge is 0.744 e. The normalized spacial score (nSPS) is 12.0. The number of halogens is 1. The van der Waals surface area contributed by atoms with E-state index in [1.807, 2.05) is 0 Å². The molecule has 5 aromatic rings. The van der Waals surface area contributed by atoms with E-state index in [-0.39, 0.29) is 128 Å². The number of aromatic carboxylic acids is 1. The number of carbonyl (C=O) groups is 1. The molecule has 0 aliphatic rings. The largest absolute Gasteiger partial charge is 1.00 e. The number of azo groups is 2. The van der Waals surface area contributed by atoms with Crippen LogP contribution in [0.15, 0.2) is 108 Å². The molecule has 310 valence electrons. The summed E-state index contributed by atoms with van der Waals surface area (Å²) in [6, 6.07) is 10.3. The molecule has 62 heavy (non-hydrogen) atoms. The van der Waals surface area contributed by atoms with E-state index in [4.69, 9.17) is 23.1 Å². The Morgan fingerprint density at radius 1 is 0.774 bits per heavy atom. The standard InChI is InChI=1S/C29H24ClN11O14S4.3Na/c30-27-34-28(36-29(35-27)41-9-1-2-15(14-41)26(42)43)33-17-5-8-21(57(46,47)48)19(12-17)38-39-20-13-22(58(49,50)51)24(32)25(23(20)31)40-37-16-3-6-18(7-4-16)56(44,45)11-10-55-59(52,53)54;;;/h1-9,12-14H,10-11H2,(H8-,31,32,33,34,35,36,37,38,42,43,46,47,48,49,50,51,52,53,54);;;/q;3*+1/p-3. The molecule has 5 rings (SSSR count). The number of nitrogens with zero attached hydrogens (tertiary/aromatic N) is 8. The second-order valence-corrected chi connectivity index (χ2v) is 17.4. The van der Waals surface area contributed by atoms with Crippen LogP contribution >= 0.6 is 11.6 Å². The Kier molecular flexibility index (Phi) is 19.6. The third-order valence-corrected chi connectivity index (χ3v) is 11.3. The molecule has 0 saturated heterocycles. The summed E-state index contributed by atoms with van der Waals surface area (Å²) in [7, 11) is -19.9. The first-order chi connectivity index (χ1) is 27.4. The van der Waals surface area contributed by atoms with E-state index in [2.05, 4.69) is 44.9 Å². The molecule has 0 unspecified atom stereocenters.